The largest absolute Gasteiger partial charge is 0.315 e. The van der Waals surface area contributed by atoms with Crippen LogP contribution in [0, 0.1) is 10.8 Å². The van der Waals surface area contributed by atoms with Gasteiger partial charge in [0, 0.05) is 32.6 Å². The van der Waals surface area contributed by atoms with Crippen LogP contribution in [0.25, 0.3) is 0 Å². The molecule has 0 bridgehead atoms. The number of rotatable bonds is 1. The highest BCUT2D eigenvalue weighted by molar-refractivity contribution is 9.12. The van der Waals surface area contributed by atoms with E-state index in [0.717, 1.165) is 0 Å². The lowest BCUT2D eigenvalue weighted by Gasteiger charge is -1.99. The van der Waals surface area contributed by atoms with E-state index in [9.17, 15) is 4.79 Å². The van der Waals surface area contributed by atoms with Crippen LogP contribution in [0.4, 0.5) is 5.69 Å². The maximum Gasteiger partial charge on any atom is 0.301 e. The molecule has 1 N–H and O–H groups in total. The van der Waals surface area contributed by atoms with Crippen molar-refractivity contribution in [3.63, 3.8) is 0 Å². The van der Waals surface area contributed by atoms with Crippen molar-refractivity contribution in [3.8, 4) is 10.8 Å². The number of nitrogens with one attached hydrogen (secondary N) is 1. The molecule has 1 aromatic rings. The minimum atomic E-state index is -0.376. The van der Waals surface area contributed by atoms with E-state index in [1.54, 1.807) is 24.3 Å². The number of benzene rings is 1. The Balaban J connectivity index is 2.73. The summed E-state index contributed by atoms with van der Waals surface area (Å²) >= 11 is 8.54. The number of amides is 1. The average Bonchev–Trinajstić information content (AvgIpc) is 2.04. The molecular formula is C9H5BrClNO. The molecule has 0 aliphatic heterocycles. The molecule has 0 fully saturated rings. The van der Waals surface area contributed by atoms with E-state index in [4.69, 9.17) is 11.6 Å². The van der Waals surface area contributed by atoms with Crippen LogP contribution < -0.4 is 5.32 Å². The van der Waals surface area contributed by atoms with Gasteiger partial charge in [0.1, 0.15) is 0 Å². The zero-order valence-electron chi connectivity index (χ0n) is 6.47. The lowest BCUT2D eigenvalue weighted by Crippen LogP contribution is -2.07. The molecule has 1 aromatic carbocycles. The second kappa shape index (κ2) is 4.90. The molecule has 0 aliphatic rings. The van der Waals surface area contributed by atoms with Crippen molar-refractivity contribution >= 4 is 39.1 Å². The molecule has 0 heterocycles. The van der Waals surface area contributed by atoms with Crippen LogP contribution in [0.5, 0.6) is 0 Å². The van der Waals surface area contributed by atoms with E-state index in [2.05, 4.69) is 32.0 Å². The van der Waals surface area contributed by atoms with Crippen molar-refractivity contribution in [1.82, 2.24) is 0 Å². The quantitative estimate of drug-likeness (QED) is 0.771. The van der Waals surface area contributed by atoms with Crippen molar-refractivity contribution in [2.75, 3.05) is 5.32 Å². The number of carbonyl (C=O) groups is 1. The Morgan fingerprint density at radius 2 is 2.31 bits per heavy atom. The molecule has 0 radical (unpaired) electrons. The third-order valence-electron chi connectivity index (χ3n) is 1.24. The highest BCUT2D eigenvalue weighted by atomic mass is 79.9. The molecule has 0 aromatic heterocycles. The Morgan fingerprint density at radius 3 is 2.92 bits per heavy atom. The molecule has 0 spiro atoms. The van der Waals surface area contributed by atoms with E-state index in [1.165, 1.54) is 0 Å². The van der Waals surface area contributed by atoms with Gasteiger partial charge in [-0.1, -0.05) is 17.7 Å². The van der Waals surface area contributed by atoms with Crippen LogP contribution in [0.1, 0.15) is 0 Å². The molecule has 0 saturated carbocycles. The summed E-state index contributed by atoms with van der Waals surface area (Å²) in [6, 6.07) is 6.86. The lowest BCUT2D eigenvalue weighted by molar-refractivity contribution is -0.111. The smallest absolute Gasteiger partial charge is 0.301 e. The Bertz CT molecular complexity index is 381. The minimum absolute atomic E-state index is 0.376. The summed E-state index contributed by atoms with van der Waals surface area (Å²) in [4.78, 5) is 13.3. The first-order chi connectivity index (χ1) is 6.22. The van der Waals surface area contributed by atoms with Gasteiger partial charge in [-0.15, -0.1) is 0 Å². The molecule has 1 amide bonds. The molecule has 0 atom stereocenters. The second-order valence-corrected chi connectivity index (χ2v) is 3.02. The van der Waals surface area contributed by atoms with Gasteiger partial charge in [-0.05, 0) is 23.0 Å². The topological polar surface area (TPSA) is 29.1 Å². The maximum absolute atomic E-state index is 11.0. The number of hydrogen-bond acceptors (Lipinski definition) is 1. The number of halogens is 2. The predicted octanol–water partition coefficient (Wildman–Crippen LogP) is 2.63. The average molecular weight is 259 g/mol. The second-order valence-electron chi connectivity index (χ2n) is 2.18. The third-order valence-corrected chi connectivity index (χ3v) is 1.68. The van der Waals surface area contributed by atoms with E-state index >= 15 is 0 Å². The molecule has 66 valence electrons. The van der Waals surface area contributed by atoms with Crippen LogP contribution >= 0.6 is 27.5 Å². The van der Waals surface area contributed by atoms with Crippen molar-refractivity contribution in [3.05, 3.63) is 29.3 Å². The lowest BCUT2D eigenvalue weighted by atomic mass is 10.3. The standard InChI is InChI=1S/C9H5BrClNO/c10-5-4-9(13)12-8-3-1-2-7(11)6-8/h1-3,6H,(H,12,13). The van der Waals surface area contributed by atoms with E-state index < -0.39 is 0 Å². The molecule has 0 saturated heterocycles. The normalized spacial score (nSPS) is 8.46. The Labute approximate surface area is 89.4 Å². The first kappa shape index (κ1) is 10.1. The fraction of sp³-hybridized carbons (Fsp3) is 0. The van der Waals surface area contributed by atoms with E-state index in [1.807, 2.05) is 0 Å². The van der Waals surface area contributed by atoms with Gasteiger partial charge < -0.3 is 5.32 Å². The van der Waals surface area contributed by atoms with E-state index in [0.29, 0.717) is 10.7 Å². The highest BCUT2D eigenvalue weighted by Crippen LogP contribution is 2.14. The molecule has 0 unspecified atom stereocenters. The van der Waals surface area contributed by atoms with Crippen molar-refractivity contribution in [2.45, 2.75) is 0 Å². The predicted molar refractivity (Wildman–Crippen MR) is 56.8 cm³/mol. The van der Waals surface area contributed by atoms with E-state index in [-0.39, 0.29) is 5.91 Å². The molecule has 4 heteroatoms. The van der Waals surface area contributed by atoms with Gasteiger partial charge >= 0.3 is 5.91 Å². The van der Waals surface area contributed by atoms with Gasteiger partial charge in [-0.25, -0.2) is 0 Å². The van der Waals surface area contributed by atoms with Gasteiger partial charge in [0.05, 0.1) is 0 Å². The Morgan fingerprint density at radius 1 is 1.54 bits per heavy atom. The van der Waals surface area contributed by atoms with Gasteiger partial charge in [-0.2, -0.15) is 0 Å². The molecule has 13 heavy (non-hydrogen) atoms. The van der Waals surface area contributed by atoms with Crippen molar-refractivity contribution in [2.24, 2.45) is 0 Å². The Hall–Kier alpha value is -0.980. The third kappa shape index (κ3) is 3.49. The molecular weight excluding hydrogens is 253 g/mol. The zero-order valence-corrected chi connectivity index (χ0v) is 8.82. The number of anilines is 1. The summed E-state index contributed by atoms with van der Waals surface area (Å²) in [5, 5.41) is 3.13. The van der Waals surface area contributed by atoms with Gasteiger partial charge in [0.15, 0.2) is 0 Å². The summed E-state index contributed by atoms with van der Waals surface area (Å²) in [6.45, 7) is 0. The van der Waals surface area contributed by atoms with Gasteiger partial charge in [0.2, 0.25) is 0 Å². The fourth-order valence-corrected chi connectivity index (χ4v) is 1.14. The SMILES string of the molecule is O=C(C#CBr)Nc1cccc(Cl)c1. The molecule has 0 aliphatic carbocycles. The number of carbonyl (C=O) groups excluding carboxylic acids is 1. The highest BCUT2D eigenvalue weighted by Gasteiger charge is 1.97. The molecule has 2 nitrogen and oxygen atoms in total. The fourth-order valence-electron chi connectivity index (χ4n) is 0.771. The summed E-state index contributed by atoms with van der Waals surface area (Å²) in [5.41, 5.74) is 0.632. The van der Waals surface area contributed by atoms with Crippen molar-refractivity contribution < 1.29 is 4.79 Å². The molecule has 1 rings (SSSR count). The number of hydrogen-bond donors (Lipinski definition) is 1. The summed E-state index contributed by atoms with van der Waals surface area (Å²) in [7, 11) is 0. The van der Waals surface area contributed by atoms with Crippen LogP contribution in [-0.4, -0.2) is 5.91 Å². The summed E-state index contributed by atoms with van der Waals surface area (Å²) < 4.78 is 0. The van der Waals surface area contributed by atoms with Crippen LogP contribution in [-0.2, 0) is 4.79 Å². The summed E-state index contributed by atoms with van der Waals surface area (Å²) in [5.74, 6) is 1.91. The van der Waals surface area contributed by atoms with Crippen molar-refractivity contribution in [1.29, 1.82) is 0 Å². The maximum atomic E-state index is 11.0. The first-order valence-corrected chi connectivity index (χ1v) is 4.57. The first-order valence-electron chi connectivity index (χ1n) is 3.40. The van der Waals surface area contributed by atoms with Crippen LogP contribution in [0.3, 0.4) is 0 Å². The van der Waals surface area contributed by atoms with Crippen LogP contribution in [0.15, 0.2) is 24.3 Å². The zero-order chi connectivity index (χ0) is 9.68. The summed E-state index contributed by atoms with van der Waals surface area (Å²) in [6.07, 6.45) is 0. The Kier molecular flexibility index (Phi) is 3.81. The van der Waals surface area contributed by atoms with Crippen LogP contribution in [0.2, 0.25) is 5.02 Å². The monoisotopic (exact) mass is 257 g/mol. The van der Waals surface area contributed by atoms with Gasteiger partial charge in [0.25, 0.3) is 0 Å². The minimum Gasteiger partial charge on any atom is -0.315 e. The van der Waals surface area contributed by atoms with Gasteiger partial charge in [-0.3, -0.25) is 4.79 Å².